The Kier molecular flexibility index (Phi) is 2.41. The Hall–Kier alpha value is -2.49. The number of benzene rings is 2. The molecule has 0 saturated carbocycles. The van der Waals surface area contributed by atoms with Crippen molar-refractivity contribution in [2.24, 2.45) is 0 Å². The predicted octanol–water partition coefficient (Wildman–Crippen LogP) is 2.08. The van der Waals surface area contributed by atoms with Crippen LogP contribution in [0.3, 0.4) is 0 Å². The summed E-state index contributed by atoms with van der Waals surface area (Å²) in [6, 6.07) is 14.6. The van der Waals surface area contributed by atoms with Gasteiger partial charge in [-0.1, -0.05) is 30.3 Å². The number of aromatic amines is 1. The van der Waals surface area contributed by atoms with Crippen LogP contribution in [0.4, 0.5) is 0 Å². The molecule has 0 saturated heterocycles. The summed E-state index contributed by atoms with van der Waals surface area (Å²) in [6.45, 7) is 0.489. The van der Waals surface area contributed by atoms with Crippen LogP contribution in [0, 0.1) is 0 Å². The molecule has 1 aromatic heterocycles. The molecule has 0 atom stereocenters. The Morgan fingerprint density at radius 2 is 1.89 bits per heavy atom. The van der Waals surface area contributed by atoms with Crippen LogP contribution >= 0.6 is 0 Å². The van der Waals surface area contributed by atoms with Crippen molar-refractivity contribution in [2.45, 2.75) is 6.54 Å². The van der Waals surface area contributed by atoms with E-state index >= 15 is 0 Å². The summed E-state index contributed by atoms with van der Waals surface area (Å²) in [7, 11) is 0. The topological polar surface area (TPSA) is 58.0 Å². The van der Waals surface area contributed by atoms with Crippen molar-refractivity contribution < 1.29 is 5.11 Å². The maximum atomic E-state index is 11.9. The molecule has 2 N–H and O–H groups in total. The van der Waals surface area contributed by atoms with Crippen LogP contribution in [0.5, 0.6) is 5.75 Å². The molecule has 0 spiro atoms. The van der Waals surface area contributed by atoms with Gasteiger partial charge in [0.05, 0.1) is 17.6 Å². The van der Waals surface area contributed by atoms with Crippen molar-refractivity contribution in [1.29, 1.82) is 0 Å². The van der Waals surface area contributed by atoms with E-state index < -0.39 is 0 Å². The molecule has 0 amide bonds. The third-order valence-corrected chi connectivity index (χ3v) is 2.94. The molecule has 0 aliphatic rings. The van der Waals surface area contributed by atoms with E-state index in [-0.39, 0.29) is 11.4 Å². The van der Waals surface area contributed by atoms with E-state index in [1.54, 1.807) is 22.8 Å². The lowest BCUT2D eigenvalue weighted by Gasteiger charge is -2.03. The van der Waals surface area contributed by atoms with Gasteiger partial charge < -0.3 is 10.1 Å². The first-order valence-corrected chi connectivity index (χ1v) is 5.69. The van der Waals surface area contributed by atoms with Crippen molar-refractivity contribution in [3.63, 3.8) is 0 Å². The standard InChI is InChI=1S/C14H12N2O2/c17-11-6-7-12-13(8-11)16(14(18)15-12)9-10-4-2-1-3-5-10/h1-8,17H,9H2,(H,15,18). The number of hydrogen-bond donors (Lipinski definition) is 2. The maximum absolute atomic E-state index is 11.9. The summed E-state index contributed by atoms with van der Waals surface area (Å²) in [5.74, 6) is 0.156. The number of nitrogens with one attached hydrogen (secondary N) is 1. The summed E-state index contributed by atoms with van der Waals surface area (Å²) in [6.07, 6.45) is 0. The molecule has 3 rings (SSSR count). The van der Waals surface area contributed by atoms with E-state index in [0.29, 0.717) is 12.1 Å². The van der Waals surface area contributed by atoms with E-state index in [2.05, 4.69) is 4.98 Å². The van der Waals surface area contributed by atoms with E-state index in [1.165, 1.54) is 0 Å². The second kappa shape index (κ2) is 4.07. The molecule has 0 aliphatic carbocycles. The largest absolute Gasteiger partial charge is 0.508 e. The third kappa shape index (κ3) is 1.78. The van der Waals surface area contributed by atoms with Crippen LogP contribution in [0.1, 0.15) is 5.56 Å². The molecule has 0 bridgehead atoms. The lowest BCUT2D eigenvalue weighted by molar-refractivity contribution is 0.476. The zero-order valence-corrected chi connectivity index (χ0v) is 9.63. The number of phenols is 1. The molecule has 0 aliphatic heterocycles. The average molecular weight is 240 g/mol. The lowest BCUT2D eigenvalue weighted by Crippen LogP contribution is -2.17. The van der Waals surface area contributed by atoms with Gasteiger partial charge in [0.2, 0.25) is 0 Å². The molecule has 0 unspecified atom stereocenters. The highest BCUT2D eigenvalue weighted by Gasteiger charge is 2.07. The lowest BCUT2D eigenvalue weighted by atomic mass is 10.2. The summed E-state index contributed by atoms with van der Waals surface area (Å²) in [5, 5.41) is 9.50. The van der Waals surface area contributed by atoms with Gasteiger partial charge in [0.1, 0.15) is 5.75 Å². The Balaban J connectivity index is 2.14. The Bertz CT molecular complexity index is 741. The van der Waals surface area contributed by atoms with E-state index in [4.69, 9.17) is 0 Å². The summed E-state index contributed by atoms with van der Waals surface area (Å²) < 4.78 is 1.62. The first kappa shape index (κ1) is 10.7. The van der Waals surface area contributed by atoms with Gasteiger partial charge in [-0.05, 0) is 17.7 Å². The van der Waals surface area contributed by atoms with Crippen molar-refractivity contribution in [3.8, 4) is 5.75 Å². The molecule has 1 heterocycles. The fourth-order valence-electron chi connectivity index (χ4n) is 2.06. The second-order valence-electron chi connectivity index (χ2n) is 4.20. The molecule has 0 fully saturated rings. The summed E-state index contributed by atoms with van der Waals surface area (Å²) in [4.78, 5) is 14.7. The number of phenolic OH excluding ortho intramolecular Hbond substituents is 1. The minimum absolute atomic E-state index is 0.156. The zero-order valence-electron chi connectivity index (χ0n) is 9.63. The highest BCUT2D eigenvalue weighted by Crippen LogP contribution is 2.17. The minimum Gasteiger partial charge on any atom is -0.508 e. The normalized spacial score (nSPS) is 10.9. The van der Waals surface area contributed by atoms with Crippen LogP contribution in [0.15, 0.2) is 53.3 Å². The predicted molar refractivity (Wildman–Crippen MR) is 69.8 cm³/mol. The Morgan fingerprint density at radius 3 is 2.67 bits per heavy atom. The van der Waals surface area contributed by atoms with Gasteiger partial charge in [0.15, 0.2) is 0 Å². The van der Waals surface area contributed by atoms with Crippen LogP contribution in [-0.4, -0.2) is 14.7 Å². The summed E-state index contributed by atoms with van der Waals surface area (Å²) in [5.41, 5.74) is 2.32. The average Bonchev–Trinajstić information content (AvgIpc) is 2.67. The number of H-pyrrole nitrogens is 1. The van der Waals surface area contributed by atoms with Gasteiger partial charge in [0, 0.05) is 6.07 Å². The van der Waals surface area contributed by atoms with Crippen LogP contribution in [0.2, 0.25) is 0 Å². The number of aromatic hydroxyl groups is 1. The third-order valence-electron chi connectivity index (χ3n) is 2.94. The van der Waals surface area contributed by atoms with Crippen LogP contribution in [0.25, 0.3) is 11.0 Å². The van der Waals surface area contributed by atoms with E-state index in [1.807, 2.05) is 30.3 Å². The first-order chi connectivity index (χ1) is 8.74. The summed E-state index contributed by atoms with van der Waals surface area (Å²) >= 11 is 0. The van der Waals surface area contributed by atoms with Crippen molar-refractivity contribution >= 4 is 11.0 Å². The number of nitrogens with zero attached hydrogens (tertiary/aromatic N) is 1. The molecule has 90 valence electrons. The Labute approximate surface area is 103 Å². The maximum Gasteiger partial charge on any atom is 0.326 e. The van der Waals surface area contributed by atoms with Crippen molar-refractivity contribution in [2.75, 3.05) is 0 Å². The number of hydrogen-bond acceptors (Lipinski definition) is 2. The quantitative estimate of drug-likeness (QED) is 0.720. The zero-order chi connectivity index (χ0) is 12.5. The number of imidazole rings is 1. The van der Waals surface area contributed by atoms with Gasteiger partial charge in [-0.2, -0.15) is 0 Å². The first-order valence-electron chi connectivity index (χ1n) is 5.69. The van der Waals surface area contributed by atoms with E-state index in [9.17, 15) is 9.90 Å². The Morgan fingerprint density at radius 1 is 1.11 bits per heavy atom. The molecule has 18 heavy (non-hydrogen) atoms. The monoisotopic (exact) mass is 240 g/mol. The molecule has 3 aromatic rings. The van der Waals surface area contributed by atoms with Crippen LogP contribution in [-0.2, 0) is 6.54 Å². The molecule has 4 heteroatoms. The molecule has 4 nitrogen and oxygen atoms in total. The van der Waals surface area contributed by atoms with Gasteiger partial charge in [-0.15, -0.1) is 0 Å². The fraction of sp³-hybridized carbons (Fsp3) is 0.0714. The highest BCUT2D eigenvalue weighted by molar-refractivity contribution is 5.76. The number of aromatic nitrogens is 2. The highest BCUT2D eigenvalue weighted by atomic mass is 16.3. The molecular weight excluding hydrogens is 228 g/mol. The van der Waals surface area contributed by atoms with E-state index in [0.717, 1.165) is 11.1 Å². The molecule has 2 aromatic carbocycles. The van der Waals surface area contributed by atoms with Gasteiger partial charge in [0.25, 0.3) is 0 Å². The number of fused-ring (bicyclic) bond motifs is 1. The van der Waals surface area contributed by atoms with Crippen molar-refractivity contribution in [3.05, 3.63) is 64.6 Å². The van der Waals surface area contributed by atoms with Gasteiger partial charge >= 0.3 is 5.69 Å². The molecular formula is C14H12N2O2. The fourth-order valence-corrected chi connectivity index (χ4v) is 2.06. The SMILES string of the molecule is O=c1[nH]c2ccc(O)cc2n1Cc1ccccc1. The van der Waals surface area contributed by atoms with Crippen LogP contribution < -0.4 is 5.69 Å². The minimum atomic E-state index is -0.167. The van der Waals surface area contributed by atoms with Gasteiger partial charge in [-0.3, -0.25) is 4.57 Å². The van der Waals surface area contributed by atoms with Crippen molar-refractivity contribution in [1.82, 2.24) is 9.55 Å². The second-order valence-corrected chi connectivity index (χ2v) is 4.20. The van der Waals surface area contributed by atoms with Gasteiger partial charge in [-0.25, -0.2) is 4.79 Å². The smallest absolute Gasteiger partial charge is 0.326 e. The number of rotatable bonds is 2. The molecule has 0 radical (unpaired) electrons.